The molecule has 176 valence electrons. The minimum atomic E-state index is -0.588. The Hall–Kier alpha value is -4.73. The summed E-state index contributed by atoms with van der Waals surface area (Å²) in [5.41, 5.74) is 3.28. The van der Waals surface area contributed by atoms with Crippen LogP contribution in [0, 0.1) is 0 Å². The predicted molar refractivity (Wildman–Crippen MR) is 125 cm³/mol. The van der Waals surface area contributed by atoms with Crippen molar-refractivity contribution >= 4 is 23.7 Å². The van der Waals surface area contributed by atoms with Gasteiger partial charge >= 0.3 is 0 Å². The molecule has 0 aliphatic heterocycles. The average Bonchev–Trinajstić information content (AvgIpc) is 2.84. The van der Waals surface area contributed by atoms with Gasteiger partial charge in [0.2, 0.25) is 5.75 Å². The zero-order valence-electron chi connectivity index (χ0n) is 18.7. The number of amides is 2. The van der Waals surface area contributed by atoms with E-state index in [9.17, 15) is 19.8 Å². The summed E-state index contributed by atoms with van der Waals surface area (Å²) in [6.45, 7) is 0. The first-order valence-corrected chi connectivity index (χ1v) is 9.93. The number of ether oxygens (including phenoxy) is 3. The number of phenolic OH excluding ortho intramolecular Hbond substituents is 2. The molecule has 10 heteroatoms. The predicted octanol–water partition coefficient (Wildman–Crippen LogP) is 3.14. The van der Waals surface area contributed by atoms with E-state index in [-0.39, 0.29) is 28.3 Å². The summed E-state index contributed by atoms with van der Waals surface area (Å²) < 4.78 is 15.8. The van der Waals surface area contributed by atoms with Gasteiger partial charge in [-0.1, -0.05) is 12.1 Å². The van der Waals surface area contributed by atoms with Gasteiger partial charge in [-0.05, 0) is 36.4 Å². The maximum atomic E-state index is 12.9. The van der Waals surface area contributed by atoms with Crippen LogP contribution in [0.15, 0.2) is 59.7 Å². The lowest BCUT2D eigenvalue weighted by Gasteiger charge is -2.15. The van der Waals surface area contributed by atoms with Gasteiger partial charge in [0.05, 0.1) is 38.8 Å². The van der Waals surface area contributed by atoms with E-state index in [1.807, 2.05) is 0 Å². The summed E-state index contributed by atoms with van der Waals surface area (Å²) in [5.74, 6) is -0.424. The van der Waals surface area contributed by atoms with Crippen LogP contribution in [-0.4, -0.2) is 49.6 Å². The minimum Gasteiger partial charge on any atom is -0.508 e. The molecular formula is C24H23N3O7. The molecule has 2 amide bonds. The van der Waals surface area contributed by atoms with Gasteiger partial charge in [-0.3, -0.25) is 9.59 Å². The van der Waals surface area contributed by atoms with Gasteiger partial charge in [0.25, 0.3) is 11.8 Å². The summed E-state index contributed by atoms with van der Waals surface area (Å²) in [5, 5.41) is 25.7. The number of anilines is 1. The number of hydrogen-bond acceptors (Lipinski definition) is 8. The van der Waals surface area contributed by atoms with Crippen molar-refractivity contribution in [3.05, 3.63) is 71.3 Å². The molecule has 0 atom stereocenters. The Morgan fingerprint density at radius 2 is 1.56 bits per heavy atom. The number of methoxy groups -OCH3 is 3. The van der Waals surface area contributed by atoms with E-state index < -0.39 is 11.8 Å². The van der Waals surface area contributed by atoms with Crippen molar-refractivity contribution in [2.24, 2.45) is 5.10 Å². The molecular weight excluding hydrogens is 442 g/mol. The van der Waals surface area contributed by atoms with E-state index in [0.717, 1.165) is 6.07 Å². The quantitative estimate of drug-likeness (QED) is 0.296. The van der Waals surface area contributed by atoms with Crippen LogP contribution in [0.1, 0.15) is 26.3 Å². The van der Waals surface area contributed by atoms with E-state index in [1.54, 1.807) is 18.2 Å². The molecule has 0 unspecified atom stereocenters. The second kappa shape index (κ2) is 10.7. The molecule has 0 aliphatic rings. The lowest BCUT2D eigenvalue weighted by atomic mass is 10.1. The summed E-state index contributed by atoms with van der Waals surface area (Å²) >= 11 is 0. The molecule has 0 aromatic heterocycles. The number of hydrazone groups is 1. The van der Waals surface area contributed by atoms with E-state index in [0.29, 0.717) is 22.8 Å². The summed E-state index contributed by atoms with van der Waals surface area (Å²) in [6.07, 6.45) is 1.23. The lowest BCUT2D eigenvalue weighted by Crippen LogP contribution is -2.21. The number of carbonyl (C=O) groups is 2. The molecule has 10 nitrogen and oxygen atoms in total. The normalized spacial score (nSPS) is 10.6. The van der Waals surface area contributed by atoms with Gasteiger partial charge in [0, 0.05) is 17.2 Å². The minimum absolute atomic E-state index is 0.101. The van der Waals surface area contributed by atoms with Crippen LogP contribution in [0.2, 0.25) is 0 Å². The Kier molecular flexibility index (Phi) is 7.55. The molecule has 3 rings (SSSR count). The van der Waals surface area contributed by atoms with Crippen molar-refractivity contribution in [2.45, 2.75) is 0 Å². The van der Waals surface area contributed by atoms with Crippen LogP contribution in [0.5, 0.6) is 28.7 Å². The lowest BCUT2D eigenvalue weighted by molar-refractivity contribution is 0.0956. The molecule has 4 N–H and O–H groups in total. The van der Waals surface area contributed by atoms with Crippen molar-refractivity contribution in [3.8, 4) is 28.7 Å². The van der Waals surface area contributed by atoms with Crippen LogP contribution in [-0.2, 0) is 0 Å². The summed E-state index contributed by atoms with van der Waals surface area (Å²) in [7, 11) is 4.34. The van der Waals surface area contributed by atoms with Crippen LogP contribution in [0.3, 0.4) is 0 Å². The van der Waals surface area contributed by atoms with Crippen LogP contribution in [0.25, 0.3) is 0 Å². The molecule has 3 aromatic rings. The number of rotatable bonds is 8. The van der Waals surface area contributed by atoms with Crippen molar-refractivity contribution in [1.82, 2.24) is 5.43 Å². The van der Waals surface area contributed by atoms with Gasteiger partial charge in [0.15, 0.2) is 11.5 Å². The van der Waals surface area contributed by atoms with E-state index >= 15 is 0 Å². The molecule has 34 heavy (non-hydrogen) atoms. The highest BCUT2D eigenvalue weighted by molar-refractivity contribution is 6.09. The van der Waals surface area contributed by atoms with E-state index in [1.165, 1.54) is 57.9 Å². The molecule has 0 radical (unpaired) electrons. The van der Waals surface area contributed by atoms with Gasteiger partial charge in [-0.2, -0.15) is 5.10 Å². The van der Waals surface area contributed by atoms with E-state index in [4.69, 9.17) is 14.2 Å². The Balaban J connectivity index is 1.79. The van der Waals surface area contributed by atoms with Gasteiger partial charge in [-0.25, -0.2) is 5.43 Å². The molecule has 0 aliphatic carbocycles. The first-order chi connectivity index (χ1) is 16.4. The first-order valence-electron chi connectivity index (χ1n) is 9.93. The number of carbonyl (C=O) groups excluding carboxylic acids is 2. The number of para-hydroxylation sites is 1. The van der Waals surface area contributed by atoms with Crippen molar-refractivity contribution in [2.75, 3.05) is 26.6 Å². The molecule has 3 aromatic carbocycles. The topological polar surface area (TPSA) is 139 Å². The Morgan fingerprint density at radius 3 is 2.18 bits per heavy atom. The fourth-order valence-electron chi connectivity index (χ4n) is 3.06. The third-order valence-corrected chi connectivity index (χ3v) is 4.73. The number of benzene rings is 3. The van der Waals surface area contributed by atoms with Crippen molar-refractivity contribution < 1.29 is 34.0 Å². The van der Waals surface area contributed by atoms with Crippen molar-refractivity contribution in [3.63, 3.8) is 0 Å². The number of aromatic hydroxyl groups is 2. The number of nitrogens with zero attached hydrogens (tertiary/aromatic N) is 1. The monoisotopic (exact) mass is 465 g/mol. The summed E-state index contributed by atoms with van der Waals surface area (Å²) in [4.78, 5) is 25.6. The molecule has 0 fully saturated rings. The van der Waals surface area contributed by atoms with Crippen LogP contribution in [0.4, 0.5) is 5.69 Å². The standard InChI is InChI=1S/C24H23N3O7/c1-32-20-10-15(11-21(33-2)22(20)34-3)23(30)26-18-7-5-4-6-17(18)24(31)27-25-13-14-8-9-16(28)12-19(14)29/h4-13,28-29H,1-3H3,(H,26,30)(H,27,31)/b25-13-. The molecule has 0 bridgehead atoms. The second-order valence-electron chi connectivity index (χ2n) is 6.86. The highest BCUT2D eigenvalue weighted by atomic mass is 16.5. The highest BCUT2D eigenvalue weighted by Gasteiger charge is 2.19. The fourth-order valence-corrected chi connectivity index (χ4v) is 3.06. The number of phenols is 2. The second-order valence-corrected chi connectivity index (χ2v) is 6.86. The molecule has 0 saturated heterocycles. The molecule has 0 spiro atoms. The molecule has 0 saturated carbocycles. The van der Waals surface area contributed by atoms with Crippen LogP contribution < -0.4 is 25.0 Å². The number of nitrogens with one attached hydrogen (secondary N) is 2. The van der Waals surface area contributed by atoms with Crippen molar-refractivity contribution in [1.29, 1.82) is 0 Å². The first kappa shape index (κ1) is 23.9. The Bertz CT molecular complexity index is 1220. The smallest absolute Gasteiger partial charge is 0.273 e. The van der Waals surface area contributed by atoms with Gasteiger partial charge < -0.3 is 29.7 Å². The third-order valence-electron chi connectivity index (χ3n) is 4.73. The third kappa shape index (κ3) is 5.36. The zero-order chi connectivity index (χ0) is 24.7. The fraction of sp³-hybridized carbons (Fsp3) is 0.125. The Labute approximate surface area is 195 Å². The summed E-state index contributed by atoms with van der Waals surface area (Å²) in [6, 6.07) is 13.3. The Morgan fingerprint density at radius 1 is 0.882 bits per heavy atom. The van der Waals surface area contributed by atoms with Gasteiger partial charge in [0.1, 0.15) is 11.5 Å². The molecule has 0 heterocycles. The maximum Gasteiger partial charge on any atom is 0.273 e. The zero-order valence-corrected chi connectivity index (χ0v) is 18.7. The van der Waals surface area contributed by atoms with Gasteiger partial charge in [-0.15, -0.1) is 0 Å². The highest BCUT2D eigenvalue weighted by Crippen LogP contribution is 2.38. The largest absolute Gasteiger partial charge is 0.508 e. The van der Waals surface area contributed by atoms with E-state index in [2.05, 4.69) is 15.8 Å². The average molecular weight is 465 g/mol. The maximum absolute atomic E-state index is 12.9. The van der Waals surface area contributed by atoms with Crippen LogP contribution >= 0.6 is 0 Å². The number of hydrogen-bond donors (Lipinski definition) is 4. The SMILES string of the molecule is COc1cc(C(=O)Nc2ccccc2C(=O)N/N=C\c2ccc(O)cc2O)cc(OC)c1OC.